The van der Waals surface area contributed by atoms with Gasteiger partial charge in [0, 0.05) is 0 Å². The van der Waals surface area contributed by atoms with Crippen molar-refractivity contribution in [2.24, 2.45) is 11.5 Å². The van der Waals surface area contributed by atoms with Crippen LogP contribution < -0.4 is 22.1 Å². The van der Waals surface area contributed by atoms with Gasteiger partial charge in [-0.1, -0.05) is 65.2 Å². The summed E-state index contributed by atoms with van der Waals surface area (Å²) in [5, 5.41) is 6.88. The summed E-state index contributed by atoms with van der Waals surface area (Å²) >= 11 is 0. The highest BCUT2D eigenvalue weighted by atomic mass is 14.9. The molecule has 4 heteroatoms. The van der Waals surface area contributed by atoms with Gasteiger partial charge in [-0.3, -0.25) is 0 Å². The maximum Gasteiger partial charge on any atom is 0.0637 e. The number of rotatable bonds is 20. The van der Waals surface area contributed by atoms with Gasteiger partial charge in [0.1, 0.15) is 0 Å². The molecule has 0 aromatic carbocycles. The average molecular weight is 357 g/mol. The minimum Gasteiger partial charge on any atom is -0.317 e. The third-order valence-corrected chi connectivity index (χ3v) is 4.85. The summed E-state index contributed by atoms with van der Waals surface area (Å²) in [5.41, 5.74) is 12.0. The molecule has 152 valence electrons. The Bertz CT molecular complexity index is 256. The largest absolute Gasteiger partial charge is 0.317 e. The van der Waals surface area contributed by atoms with Crippen molar-refractivity contribution in [2.75, 3.05) is 26.2 Å². The second-order valence-corrected chi connectivity index (χ2v) is 7.77. The monoisotopic (exact) mass is 356 g/mol. The van der Waals surface area contributed by atoms with Gasteiger partial charge in [-0.15, -0.1) is 0 Å². The summed E-state index contributed by atoms with van der Waals surface area (Å²) in [6.07, 6.45) is 17.5. The Morgan fingerprint density at radius 3 is 1.44 bits per heavy atom. The molecule has 0 aromatic rings. The van der Waals surface area contributed by atoms with Gasteiger partial charge in [0.15, 0.2) is 0 Å². The molecule has 0 radical (unpaired) electrons. The van der Waals surface area contributed by atoms with E-state index in [1.807, 2.05) is 0 Å². The molecule has 0 fully saturated rings. The molecule has 0 saturated carbocycles. The van der Waals surface area contributed by atoms with Crippen molar-refractivity contribution in [3.05, 3.63) is 0 Å². The van der Waals surface area contributed by atoms with Gasteiger partial charge in [-0.2, -0.15) is 0 Å². The molecule has 0 unspecified atom stereocenters. The number of hydrogen-bond donors (Lipinski definition) is 4. The first-order valence-electron chi connectivity index (χ1n) is 11.1. The van der Waals surface area contributed by atoms with Crippen molar-refractivity contribution < 1.29 is 0 Å². The smallest absolute Gasteiger partial charge is 0.0637 e. The highest BCUT2D eigenvalue weighted by molar-refractivity contribution is 4.76. The van der Waals surface area contributed by atoms with E-state index in [2.05, 4.69) is 24.5 Å². The van der Waals surface area contributed by atoms with E-state index in [0.29, 0.717) is 0 Å². The molecular formula is C21H48N4. The first-order valence-corrected chi connectivity index (χ1v) is 11.1. The van der Waals surface area contributed by atoms with Crippen LogP contribution in [0.3, 0.4) is 0 Å². The fourth-order valence-electron chi connectivity index (χ4n) is 3.21. The zero-order chi connectivity index (χ0) is 18.6. The number of hydrogen-bond acceptors (Lipinski definition) is 4. The molecule has 4 nitrogen and oxygen atoms in total. The average Bonchev–Trinajstić information content (AvgIpc) is 2.58. The van der Waals surface area contributed by atoms with Gasteiger partial charge in [-0.05, 0) is 64.7 Å². The van der Waals surface area contributed by atoms with E-state index in [1.54, 1.807) is 0 Å². The zero-order valence-corrected chi connectivity index (χ0v) is 17.4. The Balaban J connectivity index is 3.25. The molecule has 0 aliphatic heterocycles. The Labute approximate surface area is 158 Å². The van der Waals surface area contributed by atoms with E-state index < -0.39 is 5.66 Å². The Morgan fingerprint density at radius 2 is 0.920 bits per heavy atom. The molecule has 0 saturated heterocycles. The van der Waals surface area contributed by atoms with Gasteiger partial charge in [0.25, 0.3) is 0 Å². The number of unbranched alkanes of at least 4 members (excludes halogenated alkanes) is 8. The van der Waals surface area contributed by atoms with Crippen LogP contribution in [-0.2, 0) is 0 Å². The molecule has 0 spiro atoms. The highest BCUT2D eigenvalue weighted by Gasteiger charge is 2.17. The van der Waals surface area contributed by atoms with Crippen molar-refractivity contribution in [1.82, 2.24) is 10.6 Å². The van der Waals surface area contributed by atoms with Crippen LogP contribution in [0.4, 0.5) is 0 Å². The van der Waals surface area contributed by atoms with Gasteiger partial charge in [-0.25, -0.2) is 0 Å². The maximum absolute atomic E-state index is 6.22. The second-order valence-electron chi connectivity index (χ2n) is 7.77. The van der Waals surface area contributed by atoms with Crippen LogP contribution in [-0.4, -0.2) is 31.8 Å². The second kappa shape index (κ2) is 18.6. The van der Waals surface area contributed by atoms with Gasteiger partial charge < -0.3 is 22.1 Å². The van der Waals surface area contributed by atoms with Gasteiger partial charge in [0.2, 0.25) is 0 Å². The lowest BCUT2D eigenvalue weighted by Crippen LogP contribution is -2.49. The maximum atomic E-state index is 6.22. The van der Waals surface area contributed by atoms with Crippen molar-refractivity contribution in [2.45, 2.75) is 109 Å². The van der Waals surface area contributed by atoms with E-state index in [9.17, 15) is 0 Å². The van der Waals surface area contributed by atoms with Crippen LogP contribution in [0.5, 0.6) is 0 Å². The third kappa shape index (κ3) is 20.0. The standard InChI is InChI=1S/C21H48N4/c1-3-17-24-19-13-11-9-7-5-6-8-10-12-15-21(22,23)16-14-20-25-18-4-2/h24-25H,3-20,22-23H2,1-2H3. The molecule has 0 heterocycles. The van der Waals surface area contributed by atoms with Gasteiger partial charge in [0.05, 0.1) is 5.66 Å². The molecule has 0 aliphatic rings. The van der Waals surface area contributed by atoms with E-state index in [4.69, 9.17) is 11.5 Å². The van der Waals surface area contributed by atoms with E-state index >= 15 is 0 Å². The lowest BCUT2D eigenvalue weighted by molar-refractivity contribution is 0.349. The molecule has 0 rings (SSSR count). The quantitative estimate of drug-likeness (QED) is 0.194. The summed E-state index contributed by atoms with van der Waals surface area (Å²) in [6.45, 7) is 8.91. The first-order chi connectivity index (χ1) is 12.1. The van der Waals surface area contributed by atoms with E-state index in [1.165, 1.54) is 83.7 Å². The first kappa shape index (κ1) is 24.8. The molecule has 6 N–H and O–H groups in total. The van der Waals surface area contributed by atoms with Crippen molar-refractivity contribution >= 4 is 0 Å². The predicted molar refractivity (Wildman–Crippen MR) is 113 cm³/mol. The number of nitrogens with one attached hydrogen (secondary N) is 2. The fourth-order valence-corrected chi connectivity index (χ4v) is 3.21. The van der Waals surface area contributed by atoms with Crippen LogP contribution in [0.2, 0.25) is 0 Å². The number of nitrogens with two attached hydrogens (primary N) is 2. The van der Waals surface area contributed by atoms with Crippen LogP contribution in [0.1, 0.15) is 104 Å². The lowest BCUT2D eigenvalue weighted by Gasteiger charge is -2.24. The molecule has 0 aromatic heterocycles. The molecular weight excluding hydrogens is 308 g/mol. The van der Waals surface area contributed by atoms with E-state index in [-0.39, 0.29) is 0 Å². The Kier molecular flexibility index (Phi) is 18.5. The van der Waals surface area contributed by atoms with Gasteiger partial charge >= 0.3 is 0 Å². The third-order valence-electron chi connectivity index (χ3n) is 4.85. The molecule has 0 atom stereocenters. The summed E-state index contributed by atoms with van der Waals surface area (Å²) in [6, 6.07) is 0. The Morgan fingerprint density at radius 1 is 0.520 bits per heavy atom. The molecule has 0 bridgehead atoms. The summed E-state index contributed by atoms with van der Waals surface area (Å²) in [5.74, 6) is 0. The highest BCUT2D eigenvalue weighted by Crippen LogP contribution is 2.15. The van der Waals surface area contributed by atoms with Crippen LogP contribution in [0.25, 0.3) is 0 Å². The minimum atomic E-state index is -0.459. The summed E-state index contributed by atoms with van der Waals surface area (Å²) in [7, 11) is 0. The van der Waals surface area contributed by atoms with Crippen molar-refractivity contribution in [1.29, 1.82) is 0 Å². The SMILES string of the molecule is CCCNCCCCCCCCCCCC(N)(N)CCCNCCC. The summed E-state index contributed by atoms with van der Waals surface area (Å²) in [4.78, 5) is 0. The predicted octanol–water partition coefficient (Wildman–Crippen LogP) is 4.28. The van der Waals surface area contributed by atoms with Crippen LogP contribution in [0.15, 0.2) is 0 Å². The van der Waals surface area contributed by atoms with Crippen LogP contribution in [0, 0.1) is 0 Å². The topological polar surface area (TPSA) is 76.1 Å². The fraction of sp³-hybridized carbons (Fsp3) is 1.00. The van der Waals surface area contributed by atoms with Crippen molar-refractivity contribution in [3.8, 4) is 0 Å². The molecule has 25 heavy (non-hydrogen) atoms. The minimum absolute atomic E-state index is 0.459. The van der Waals surface area contributed by atoms with E-state index in [0.717, 1.165) is 32.4 Å². The Hall–Kier alpha value is -0.160. The summed E-state index contributed by atoms with van der Waals surface area (Å²) < 4.78 is 0. The van der Waals surface area contributed by atoms with Crippen molar-refractivity contribution in [3.63, 3.8) is 0 Å². The zero-order valence-electron chi connectivity index (χ0n) is 17.4. The normalized spacial score (nSPS) is 12.0. The lowest BCUT2D eigenvalue weighted by atomic mass is 9.97. The molecule has 0 aliphatic carbocycles. The van der Waals surface area contributed by atoms with Crippen LogP contribution >= 0.6 is 0 Å². The molecule has 0 amide bonds.